The highest BCUT2D eigenvalue weighted by molar-refractivity contribution is 7.99. The van der Waals surface area contributed by atoms with Gasteiger partial charge in [-0.25, -0.2) is 9.78 Å². The van der Waals surface area contributed by atoms with Gasteiger partial charge in [-0.1, -0.05) is 23.4 Å². The maximum absolute atomic E-state index is 13.0. The molecule has 1 aliphatic heterocycles. The number of hydrogen-bond acceptors (Lipinski definition) is 6. The molecule has 29 heavy (non-hydrogen) atoms. The Kier molecular flexibility index (Phi) is 5.59. The highest BCUT2D eigenvalue weighted by atomic mass is 35.5. The van der Waals surface area contributed by atoms with Crippen molar-refractivity contribution < 1.29 is 14.0 Å². The van der Waals surface area contributed by atoms with Crippen molar-refractivity contribution in [3.8, 4) is 0 Å². The summed E-state index contributed by atoms with van der Waals surface area (Å²) in [6.45, 7) is 0.619. The number of benzene rings is 1. The molecule has 3 amide bonds. The number of aromatic nitrogens is 2. The number of carbonyl (C=O) groups excluding carboxylic acids is 2. The number of rotatable bonds is 7. The van der Waals surface area contributed by atoms with Crippen molar-refractivity contribution >= 4 is 46.2 Å². The molecule has 0 spiro atoms. The molecule has 1 N–H and O–H groups in total. The van der Waals surface area contributed by atoms with Gasteiger partial charge in [-0.2, -0.15) is 0 Å². The zero-order valence-electron chi connectivity index (χ0n) is 15.3. The summed E-state index contributed by atoms with van der Waals surface area (Å²) in [6, 6.07) is 8.18. The smallest absolute Gasteiger partial charge is 0.324 e. The third-order valence-electron chi connectivity index (χ3n) is 4.47. The highest BCUT2D eigenvalue weighted by Crippen LogP contribution is 2.22. The van der Waals surface area contributed by atoms with Crippen LogP contribution in [-0.2, 0) is 11.3 Å². The highest BCUT2D eigenvalue weighted by Gasteiger charge is 2.27. The molecule has 2 aromatic heterocycles. The normalized spacial score (nSPS) is 14.0. The van der Waals surface area contributed by atoms with Gasteiger partial charge < -0.3 is 9.73 Å². The van der Waals surface area contributed by atoms with Gasteiger partial charge in [-0.15, -0.1) is 0 Å². The lowest BCUT2D eigenvalue weighted by Crippen LogP contribution is -2.32. The molecule has 1 aliphatic rings. The summed E-state index contributed by atoms with van der Waals surface area (Å²) in [7, 11) is 0. The van der Waals surface area contributed by atoms with Crippen LogP contribution in [0, 0.1) is 0 Å². The third kappa shape index (κ3) is 4.15. The summed E-state index contributed by atoms with van der Waals surface area (Å²) < 4.78 is 6.95. The Morgan fingerprint density at radius 2 is 2.10 bits per heavy atom. The summed E-state index contributed by atoms with van der Waals surface area (Å²) in [4.78, 5) is 42.1. The molecule has 3 heterocycles. The van der Waals surface area contributed by atoms with Gasteiger partial charge in [0.25, 0.3) is 5.56 Å². The molecular formula is C19H17ClN4O4S. The Morgan fingerprint density at radius 3 is 2.83 bits per heavy atom. The number of nitrogens with one attached hydrogen (secondary N) is 1. The number of nitrogens with zero attached hydrogens (tertiary/aromatic N) is 3. The number of amides is 3. The van der Waals surface area contributed by atoms with E-state index in [0.29, 0.717) is 45.6 Å². The maximum Gasteiger partial charge on any atom is 0.324 e. The van der Waals surface area contributed by atoms with E-state index >= 15 is 0 Å². The van der Waals surface area contributed by atoms with Crippen molar-refractivity contribution in [3.63, 3.8) is 0 Å². The molecule has 0 saturated carbocycles. The lowest BCUT2D eigenvalue weighted by Gasteiger charge is -2.14. The monoisotopic (exact) mass is 432 g/mol. The second kappa shape index (κ2) is 8.30. The van der Waals surface area contributed by atoms with Crippen LogP contribution in [0.1, 0.15) is 12.2 Å². The van der Waals surface area contributed by atoms with Crippen molar-refractivity contribution in [2.45, 2.75) is 18.1 Å². The number of thioether (sulfide) groups is 1. The number of carbonyl (C=O) groups is 2. The second-order valence-corrected chi connectivity index (χ2v) is 7.93. The second-order valence-electron chi connectivity index (χ2n) is 6.43. The standard InChI is InChI=1S/C19H17ClN4O4S/c20-12-4-5-14-15(9-12)22-19(24(17(14)26)11-13-3-1-7-28-13)29-8-2-6-23-16(25)10-21-18(23)27/h1,3-5,7,9H,2,6,8,10-11H2,(H,21,27). The van der Waals surface area contributed by atoms with Crippen LogP contribution in [0.4, 0.5) is 4.79 Å². The van der Waals surface area contributed by atoms with E-state index in [1.165, 1.54) is 16.7 Å². The van der Waals surface area contributed by atoms with E-state index in [9.17, 15) is 14.4 Å². The quantitative estimate of drug-likeness (QED) is 0.267. The number of fused-ring (bicyclic) bond motifs is 1. The molecule has 0 radical (unpaired) electrons. The van der Waals surface area contributed by atoms with E-state index in [1.807, 2.05) is 0 Å². The summed E-state index contributed by atoms with van der Waals surface area (Å²) in [6.07, 6.45) is 2.13. The first-order chi connectivity index (χ1) is 14.0. The van der Waals surface area contributed by atoms with E-state index in [0.717, 1.165) is 0 Å². The average Bonchev–Trinajstić information content (AvgIpc) is 3.32. The third-order valence-corrected chi connectivity index (χ3v) is 5.77. The lowest BCUT2D eigenvalue weighted by atomic mass is 10.2. The van der Waals surface area contributed by atoms with E-state index < -0.39 is 0 Å². The minimum atomic E-state index is -0.367. The van der Waals surface area contributed by atoms with Crippen LogP contribution in [0.3, 0.4) is 0 Å². The molecule has 3 aromatic rings. The predicted octanol–water partition coefficient (Wildman–Crippen LogP) is 2.73. The largest absolute Gasteiger partial charge is 0.467 e. The summed E-state index contributed by atoms with van der Waals surface area (Å²) >= 11 is 7.45. The molecule has 0 aliphatic carbocycles. The Bertz CT molecular complexity index is 1110. The molecule has 0 atom stereocenters. The van der Waals surface area contributed by atoms with Crippen molar-refractivity contribution in [3.05, 3.63) is 57.7 Å². The minimum absolute atomic E-state index is 0.0433. The van der Waals surface area contributed by atoms with Crippen molar-refractivity contribution in [1.82, 2.24) is 19.8 Å². The minimum Gasteiger partial charge on any atom is -0.467 e. The van der Waals surface area contributed by atoms with Gasteiger partial charge in [0.2, 0.25) is 5.91 Å². The van der Waals surface area contributed by atoms with Gasteiger partial charge >= 0.3 is 6.03 Å². The van der Waals surface area contributed by atoms with E-state index in [1.54, 1.807) is 41.2 Å². The van der Waals surface area contributed by atoms with E-state index in [-0.39, 0.29) is 30.6 Å². The zero-order chi connectivity index (χ0) is 20.4. The van der Waals surface area contributed by atoms with Crippen LogP contribution in [0.5, 0.6) is 0 Å². The molecular weight excluding hydrogens is 416 g/mol. The number of halogens is 1. The first-order valence-corrected chi connectivity index (χ1v) is 10.3. The van der Waals surface area contributed by atoms with Crippen LogP contribution in [0.2, 0.25) is 5.02 Å². The van der Waals surface area contributed by atoms with Crippen LogP contribution >= 0.6 is 23.4 Å². The molecule has 10 heteroatoms. The molecule has 4 rings (SSSR count). The van der Waals surface area contributed by atoms with Crippen molar-refractivity contribution in [2.24, 2.45) is 0 Å². The van der Waals surface area contributed by atoms with Gasteiger partial charge in [0.05, 0.1) is 30.3 Å². The fraction of sp³-hybridized carbons (Fsp3) is 0.263. The molecule has 1 saturated heterocycles. The van der Waals surface area contributed by atoms with Crippen LogP contribution < -0.4 is 10.9 Å². The van der Waals surface area contributed by atoms with Gasteiger partial charge in [0.1, 0.15) is 5.76 Å². The fourth-order valence-corrected chi connectivity index (χ4v) is 4.14. The predicted molar refractivity (Wildman–Crippen MR) is 109 cm³/mol. The zero-order valence-corrected chi connectivity index (χ0v) is 16.8. The lowest BCUT2D eigenvalue weighted by molar-refractivity contribution is -0.124. The molecule has 150 valence electrons. The Morgan fingerprint density at radius 1 is 1.24 bits per heavy atom. The Labute approximate surface area is 174 Å². The van der Waals surface area contributed by atoms with Crippen molar-refractivity contribution in [1.29, 1.82) is 0 Å². The topological polar surface area (TPSA) is 97.4 Å². The Hall–Kier alpha value is -2.78. The fourth-order valence-electron chi connectivity index (χ4n) is 3.05. The molecule has 0 unspecified atom stereocenters. The number of furan rings is 1. The van der Waals surface area contributed by atoms with Gasteiger partial charge in [-0.05, 0) is 36.8 Å². The molecule has 1 fully saturated rings. The SMILES string of the molecule is O=C1CNC(=O)N1CCCSc1nc2cc(Cl)ccc2c(=O)n1Cc1ccco1. The Balaban J connectivity index is 1.56. The van der Waals surface area contributed by atoms with Gasteiger partial charge in [0, 0.05) is 17.3 Å². The molecule has 0 bridgehead atoms. The first kappa shape index (κ1) is 19.5. The first-order valence-electron chi connectivity index (χ1n) is 8.96. The van der Waals surface area contributed by atoms with Crippen LogP contribution in [-0.4, -0.2) is 45.2 Å². The molecule has 8 nitrogen and oxygen atoms in total. The number of urea groups is 1. The average molecular weight is 433 g/mol. The summed E-state index contributed by atoms with van der Waals surface area (Å²) in [5, 5.41) is 4.00. The number of imide groups is 1. The van der Waals surface area contributed by atoms with E-state index in [4.69, 9.17) is 16.0 Å². The number of hydrogen-bond donors (Lipinski definition) is 1. The summed E-state index contributed by atoms with van der Waals surface area (Å²) in [5.41, 5.74) is 0.342. The van der Waals surface area contributed by atoms with Crippen LogP contribution in [0.15, 0.2) is 51.0 Å². The van der Waals surface area contributed by atoms with Crippen LogP contribution in [0.25, 0.3) is 10.9 Å². The summed E-state index contributed by atoms with van der Waals surface area (Å²) in [5.74, 6) is 0.991. The maximum atomic E-state index is 13.0. The van der Waals surface area contributed by atoms with Gasteiger partial charge in [-0.3, -0.25) is 19.1 Å². The van der Waals surface area contributed by atoms with Gasteiger partial charge in [0.15, 0.2) is 5.16 Å². The van der Waals surface area contributed by atoms with Crippen molar-refractivity contribution in [2.75, 3.05) is 18.8 Å². The van der Waals surface area contributed by atoms with E-state index in [2.05, 4.69) is 10.3 Å². The molecule has 1 aromatic carbocycles.